The van der Waals surface area contributed by atoms with Crippen molar-refractivity contribution in [1.29, 1.82) is 0 Å². The van der Waals surface area contributed by atoms with E-state index in [4.69, 9.17) is 9.47 Å². The van der Waals surface area contributed by atoms with Crippen molar-refractivity contribution in [2.24, 2.45) is 5.92 Å². The number of ether oxygens (including phenoxy) is 2. The number of rotatable bonds is 5. The zero-order chi connectivity index (χ0) is 17.1. The number of methoxy groups -OCH3 is 1. The van der Waals surface area contributed by atoms with E-state index in [1.807, 2.05) is 0 Å². The summed E-state index contributed by atoms with van der Waals surface area (Å²) in [5.41, 5.74) is 1.16. The molecular weight excluding hydrogens is 315 g/mol. The van der Waals surface area contributed by atoms with E-state index < -0.39 is 17.9 Å². The topological polar surface area (TPSA) is 78.3 Å². The Morgan fingerprint density at radius 2 is 2.12 bits per heavy atom. The van der Waals surface area contributed by atoms with Gasteiger partial charge in [0, 0.05) is 12.8 Å². The molecule has 3 rings (SSSR count). The van der Waals surface area contributed by atoms with E-state index in [9.17, 15) is 9.18 Å². The average Bonchev–Trinajstić information content (AvgIpc) is 3.02. The van der Waals surface area contributed by atoms with Crippen molar-refractivity contribution in [2.45, 2.75) is 6.04 Å². The van der Waals surface area contributed by atoms with Crippen LogP contribution in [0.4, 0.5) is 10.3 Å². The maximum atomic E-state index is 13.3. The van der Waals surface area contributed by atoms with Crippen molar-refractivity contribution in [2.75, 3.05) is 25.6 Å². The number of benzene rings is 1. The summed E-state index contributed by atoms with van der Waals surface area (Å²) in [6.07, 6.45) is 1.38. The van der Waals surface area contributed by atoms with Gasteiger partial charge in [0.1, 0.15) is 24.7 Å². The fraction of sp³-hybridized carbons (Fsp3) is 0.312. The number of fused-ring (bicyclic) bond motifs is 1. The Labute approximate surface area is 138 Å². The van der Waals surface area contributed by atoms with E-state index in [1.54, 1.807) is 16.8 Å². The molecule has 0 saturated heterocycles. The van der Waals surface area contributed by atoms with Gasteiger partial charge in [-0.2, -0.15) is 10.1 Å². The third-order valence-electron chi connectivity index (χ3n) is 3.80. The van der Waals surface area contributed by atoms with Gasteiger partial charge in [0.25, 0.3) is 0 Å². The standard InChI is InChI=1S/C16H17FN4O3/c1-10-13(15(22)24-8-7-23-2)14(11-3-5-12(17)6-4-11)21-16(20-10)18-9-19-21/h3-6,9,13-14H,1,7-8H2,2H3,(H,18,19,20)/t13-,14-/m1/s1. The molecule has 0 amide bonds. The zero-order valence-corrected chi connectivity index (χ0v) is 13.1. The summed E-state index contributed by atoms with van der Waals surface area (Å²) in [6.45, 7) is 4.36. The minimum atomic E-state index is -0.721. The molecule has 0 aliphatic carbocycles. The molecule has 8 heteroatoms. The number of hydrogen-bond donors (Lipinski definition) is 1. The van der Waals surface area contributed by atoms with E-state index >= 15 is 0 Å². The highest BCUT2D eigenvalue weighted by Gasteiger charge is 2.40. The molecule has 7 nitrogen and oxygen atoms in total. The summed E-state index contributed by atoms with van der Waals surface area (Å²) in [5.74, 6) is -1.07. The predicted octanol–water partition coefficient (Wildman–Crippen LogP) is 1.75. The Hall–Kier alpha value is -2.74. The molecule has 1 aliphatic heterocycles. The zero-order valence-electron chi connectivity index (χ0n) is 13.1. The monoisotopic (exact) mass is 332 g/mol. The Kier molecular flexibility index (Phi) is 4.57. The molecule has 0 saturated carbocycles. The van der Waals surface area contributed by atoms with Crippen LogP contribution in [0, 0.1) is 11.7 Å². The lowest BCUT2D eigenvalue weighted by Crippen LogP contribution is -2.38. The van der Waals surface area contributed by atoms with Gasteiger partial charge in [-0.15, -0.1) is 0 Å². The van der Waals surface area contributed by atoms with E-state index in [-0.39, 0.29) is 12.4 Å². The Bertz CT molecular complexity index is 744. The highest BCUT2D eigenvalue weighted by atomic mass is 19.1. The molecule has 0 unspecified atom stereocenters. The van der Waals surface area contributed by atoms with Crippen molar-refractivity contribution in [3.8, 4) is 0 Å². The Morgan fingerprint density at radius 1 is 1.38 bits per heavy atom. The summed E-state index contributed by atoms with van der Waals surface area (Å²) in [6, 6.07) is 5.37. The van der Waals surface area contributed by atoms with E-state index in [2.05, 4.69) is 22.0 Å². The molecule has 1 aromatic carbocycles. The first kappa shape index (κ1) is 16.1. The SMILES string of the molecule is C=C1Nc2ncnn2[C@H](c2ccc(F)cc2)[C@@H]1C(=O)OCCOC. The van der Waals surface area contributed by atoms with Crippen LogP contribution in [0.1, 0.15) is 11.6 Å². The van der Waals surface area contributed by atoms with Crippen LogP contribution < -0.4 is 5.32 Å². The molecule has 1 aliphatic rings. The number of esters is 1. The number of anilines is 1. The van der Waals surface area contributed by atoms with Crippen LogP contribution >= 0.6 is 0 Å². The van der Waals surface area contributed by atoms with Gasteiger partial charge in [0.15, 0.2) is 0 Å². The highest BCUT2D eigenvalue weighted by molar-refractivity contribution is 5.79. The molecule has 2 atom stereocenters. The summed E-state index contributed by atoms with van der Waals surface area (Å²) in [7, 11) is 1.53. The number of hydrogen-bond acceptors (Lipinski definition) is 6. The summed E-state index contributed by atoms with van der Waals surface area (Å²) in [4.78, 5) is 16.7. The molecule has 0 fully saturated rings. The van der Waals surface area contributed by atoms with Crippen LogP contribution in [0.15, 0.2) is 42.9 Å². The molecule has 1 aromatic heterocycles. The maximum Gasteiger partial charge on any atom is 0.317 e. The fourth-order valence-corrected chi connectivity index (χ4v) is 2.68. The first-order valence-corrected chi connectivity index (χ1v) is 7.38. The quantitative estimate of drug-likeness (QED) is 0.664. The molecule has 2 aromatic rings. The summed E-state index contributed by atoms with van der Waals surface area (Å²) >= 11 is 0. The van der Waals surface area contributed by atoms with Crippen LogP contribution in [0.5, 0.6) is 0 Å². The van der Waals surface area contributed by atoms with E-state index in [0.717, 1.165) is 0 Å². The number of aromatic nitrogens is 3. The van der Waals surface area contributed by atoms with Crippen LogP contribution in [-0.4, -0.2) is 41.1 Å². The first-order valence-electron chi connectivity index (χ1n) is 7.38. The van der Waals surface area contributed by atoms with Gasteiger partial charge in [0.2, 0.25) is 5.95 Å². The van der Waals surface area contributed by atoms with Gasteiger partial charge in [-0.3, -0.25) is 4.79 Å². The van der Waals surface area contributed by atoms with Crippen molar-refractivity contribution in [3.63, 3.8) is 0 Å². The highest BCUT2D eigenvalue weighted by Crippen LogP contribution is 2.37. The second kappa shape index (κ2) is 6.79. The lowest BCUT2D eigenvalue weighted by atomic mass is 9.89. The Balaban J connectivity index is 1.96. The van der Waals surface area contributed by atoms with Crippen LogP contribution in [0.2, 0.25) is 0 Å². The molecule has 126 valence electrons. The van der Waals surface area contributed by atoms with Crippen LogP contribution in [0.3, 0.4) is 0 Å². The van der Waals surface area contributed by atoms with Crippen LogP contribution in [0.25, 0.3) is 0 Å². The molecule has 0 bridgehead atoms. The largest absolute Gasteiger partial charge is 0.463 e. The van der Waals surface area contributed by atoms with Gasteiger partial charge in [-0.25, -0.2) is 9.07 Å². The molecule has 0 spiro atoms. The number of halogens is 1. The molecule has 1 N–H and O–H groups in total. The fourth-order valence-electron chi connectivity index (χ4n) is 2.68. The lowest BCUT2D eigenvalue weighted by Gasteiger charge is -2.33. The summed E-state index contributed by atoms with van der Waals surface area (Å²) < 4.78 is 25.0. The van der Waals surface area contributed by atoms with E-state index in [1.165, 1.54) is 25.6 Å². The summed E-state index contributed by atoms with van der Waals surface area (Å²) in [5, 5.41) is 7.14. The third kappa shape index (κ3) is 3.00. The number of carbonyl (C=O) groups excluding carboxylic acids is 1. The lowest BCUT2D eigenvalue weighted by molar-refractivity contribution is -0.149. The minimum absolute atomic E-state index is 0.138. The number of carbonyl (C=O) groups is 1. The molecule has 24 heavy (non-hydrogen) atoms. The average molecular weight is 332 g/mol. The van der Waals surface area contributed by atoms with Crippen molar-refractivity contribution in [3.05, 3.63) is 54.2 Å². The first-order chi connectivity index (χ1) is 11.6. The molecule has 2 heterocycles. The number of nitrogens with zero attached hydrogens (tertiary/aromatic N) is 3. The second-order valence-electron chi connectivity index (χ2n) is 5.31. The predicted molar refractivity (Wildman–Crippen MR) is 83.6 cm³/mol. The van der Waals surface area contributed by atoms with Crippen molar-refractivity contribution >= 4 is 11.9 Å². The van der Waals surface area contributed by atoms with Gasteiger partial charge >= 0.3 is 5.97 Å². The van der Waals surface area contributed by atoms with Gasteiger partial charge in [-0.05, 0) is 17.7 Å². The third-order valence-corrected chi connectivity index (χ3v) is 3.80. The second-order valence-corrected chi connectivity index (χ2v) is 5.31. The smallest absolute Gasteiger partial charge is 0.317 e. The maximum absolute atomic E-state index is 13.3. The van der Waals surface area contributed by atoms with Gasteiger partial charge in [-0.1, -0.05) is 18.7 Å². The van der Waals surface area contributed by atoms with Crippen molar-refractivity contribution in [1.82, 2.24) is 14.8 Å². The minimum Gasteiger partial charge on any atom is -0.463 e. The van der Waals surface area contributed by atoms with E-state index in [0.29, 0.717) is 23.8 Å². The Morgan fingerprint density at radius 3 is 2.83 bits per heavy atom. The normalized spacial score (nSPS) is 19.5. The van der Waals surface area contributed by atoms with Crippen molar-refractivity contribution < 1.29 is 18.7 Å². The molecular formula is C16H17FN4O3. The number of nitrogens with one attached hydrogen (secondary N) is 1. The van der Waals surface area contributed by atoms with Gasteiger partial charge in [0.05, 0.1) is 12.6 Å². The van der Waals surface area contributed by atoms with Gasteiger partial charge < -0.3 is 14.8 Å². The van der Waals surface area contributed by atoms with Crippen LogP contribution in [-0.2, 0) is 14.3 Å². The molecule has 0 radical (unpaired) electrons.